The molecule has 3 saturated carbocycles. The molecule has 160 valence electrons. The van der Waals surface area contributed by atoms with Gasteiger partial charge in [0.2, 0.25) is 0 Å². The summed E-state index contributed by atoms with van der Waals surface area (Å²) >= 11 is 6.55. The summed E-state index contributed by atoms with van der Waals surface area (Å²) in [6.07, 6.45) is 24.1. The van der Waals surface area contributed by atoms with Crippen LogP contribution in [0.15, 0.2) is 11.6 Å². The fourth-order valence-corrected chi connectivity index (χ4v) is 8.65. The van der Waals surface area contributed by atoms with Crippen molar-refractivity contribution >= 4 is 11.6 Å². The summed E-state index contributed by atoms with van der Waals surface area (Å²) in [5.74, 6) is 3.93. The van der Waals surface area contributed by atoms with Crippen LogP contribution in [0.2, 0.25) is 0 Å². The molecule has 3 fully saturated rings. The van der Waals surface area contributed by atoms with Gasteiger partial charge in [0.25, 0.3) is 0 Å². The largest absolute Gasteiger partial charge is 0.123 e. The zero-order chi connectivity index (χ0) is 19.8. The van der Waals surface area contributed by atoms with Gasteiger partial charge in [0.05, 0.1) is 0 Å². The highest BCUT2D eigenvalue weighted by Gasteiger charge is 2.58. The van der Waals surface area contributed by atoms with Crippen LogP contribution >= 0.6 is 11.6 Å². The van der Waals surface area contributed by atoms with Gasteiger partial charge in [-0.2, -0.15) is 0 Å². The first-order chi connectivity index (χ1) is 13.5. The molecule has 0 radical (unpaired) electrons. The predicted molar refractivity (Wildman–Crippen MR) is 123 cm³/mol. The molecule has 0 aliphatic heterocycles. The highest BCUT2D eigenvalue weighted by atomic mass is 35.5. The molecular formula is C27H45Cl. The summed E-state index contributed by atoms with van der Waals surface area (Å²) in [5.41, 5.74) is 2.87. The monoisotopic (exact) mass is 404 g/mol. The summed E-state index contributed by atoms with van der Waals surface area (Å²) in [6, 6.07) is 0. The molecule has 0 heterocycles. The molecule has 1 heteroatoms. The number of rotatable bonds is 7. The van der Waals surface area contributed by atoms with Crippen molar-refractivity contribution in [2.75, 3.05) is 0 Å². The van der Waals surface area contributed by atoms with Gasteiger partial charge in [0, 0.05) is 5.38 Å². The Morgan fingerprint density at radius 3 is 2.54 bits per heavy atom. The number of hydrogen-bond donors (Lipinski definition) is 0. The third kappa shape index (κ3) is 3.74. The van der Waals surface area contributed by atoms with Crippen LogP contribution in [0.5, 0.6) is 0 Å². The molecular weight excluding hydrogens is 360 g/mol. The first kappa shape index (κ1) is 21.3. The van der Waals surface area contributed by atoms with Gasteiger partial charge in [-0.15, -0.1) is 11.6 Å². The van der Waals surface area contributed by atoms with Crippen LogP contribution < -0.4 is 0 Å². The minimum absolute atomic E-state index is 0.401. The van der Waals surface area contributed by atoms with Crippen molar-refractivity contribution in [2.45, 2.75) is 122 Å². The maximum atomic E-state index is 6.55. The van der Waals surface area contributed by atoms with Gasteiger partial charge in [-0.25, -0.2) is 0 Å². The van der Waals surface area contributed by atoms with Crippen molar-refractivity contribution in [3.63, 3.8) is 0 Å². The number of fused-ring (bicyclic) bond motifs is 5. The Bertz CT molecular complexity index is 565. The molecule has 0 nitrogen and oxygen atoms in total. The fourth-order valence-electron chi connectivity index (χ4n) is 8.37. The lowest BCUT2D eigenvalue weighted by Crippen LogP contribution is -2.50. The lowest BCUT2D eigenvalue weighted by molar-refractivity contribution is -0.0423. The average Bonchev–Trinajstić information content (AvgIpc) is 3.01. The Balaban J connectivity index is 1.39. The highest BCUT2D eigenvalue weighted by Crippen LogP contribution is 2.66. The molecule has 28 heavy (non-hydrogen) atoms. The molecule has 0 unspecified atom stereocenters. The molecule has 4 aliphatic carbocycles. The van der Waals surface area contributed by atoms with E-state index in [1.165, 1.54) is 96.3 Å². The minimum atomic E-state index is 0.401. The van der Waals surface area contributed by atoms with E-state index in [9.17, 15) is 0 Å². The summed E-state index contributed by atoms with van der Waals surface area (Å²) < 4.78 is 0. The molecule has 0 aromatic rings. The molecule has 0 aromatic carbocycles. The molecule has 0 spiro atoms. The van der Waals surface area contributed by atoms with Crippen molar-refractivity contribution < 1.29 is 0 Å². The summed E-state index contributed by atoms with van der Waals surface area (Å²) in [4.78, 5) is 0. The first-order valence-electron chi connectivity index (χ1n) is 12.8. The number of unbranched alkanes of at least 4 members (excludes halogenated alkanes) is 5. The van der Waals surface area contributed by atoms with E-state index in [2.05, 4.69) is 26.8 Å². The first-order valence-corrected chi connectivity index (χ1v) is 13.3. The van der Waals surface area contributed by atoms with Crippen LogP contribution in [0, 0.1) is 34.5 Å². The van der Waals surface area contributed by atoms with E-state index in [1.54, 1.807) is 5.57 Å². The average molecular weight is 405 g/mol. The van der Waals surface area contributed by atoms with Crippen LogP contribution in [-0.4, -0.2) is 5.38 Å². The van der Waals surface area contributed by atoms with Crippen molar-refractivity contribution in [2.24, 2.45) is 34.5 Å². The Morgan fingerprint density at radius 1 is 0.929 bits per heavy atom. The summed E-state index contributed by atoms with van der Waals surface area (Å²) in [5, 5.41) is 0.401. The topological polar surface area (TPSA) is 0 Å². The van der Waals surface area contributed by atoms with Gasteiger partial charge in [-0.05, 0) is 92.3 Å². The van der Waals surface area contributed by atoms with Gasteiger partial charge in [-0.3, -0.25) is 0 Å². The highest BCUT2D eigenvalue weighted by molar-refractivity contribution is 6.20. The van der Waals surface area contributed by atoms with Crippen molar-refractivity contribution in [3.05, 3.63) is 11.6 Å². The van der Waals surface area contributed by atoms with E-state index in [-0.39, 0.29) is 0 Å². The maximum absolute atomic E-state index is 6.55. The van der Waals surface area contributed by atoms with E-state index < -0.39 is 0 Å². The third-order valence-corrected chi connectivity index (χ3v) is 10.5. The predicted octanol–water partition coefficient (Wildman–Crippen LogP) is 8.92. The second-order valence-corrected chi connectivity index (χ2v) is 12.1. The fraction of sp³-hybridized carbons (Fsp3) is 0.926. The van der Waals surface area contributed by atoms with Crippen molar-refractivity contribution in [1.29, 1.82) is 0 Å². The van der Waals surface area contributed by atoms with E-state index in [0.29, 0.717) is 16.2 Å². The van der Waals surface area contributed by atoms with Crippen LogP contribution in [-0.2, 0) is 0 Å². The SMILES string of the molecule is CCCCCCCC[C@@H]1CC[C@@H]2[C@@H]3CC=C4C[C@@H](Cl)CC[C@]4(C)[C@H]3CC[C@]12C. The summed E-state index contributed by atoms with van der Waals surface area (Å²) in [6.45, 7) is 7.64. The van der Waals surface area contributed by atoms with Gasteiger partial charge in [0.15, 0.2) is 0 Å². The maximum Gasteiger partial charge on any atom is 0.0373 e. The normalized spacial score (nSPS) is 45.1. The van der Waals surface area contributed by atoms with Crippen LogP contribution in [0.25, 0.3) is 0 Å². The van der Waals surface area contributed by atoms with E-state index in [0.717, 1.165) is 23.7 Å². The number of halogens is 1. The second kappa shape index (κ2) is 8.64. The zero-order valence-electron chi connectivity index (χ0n) is 18.9. The van der Waals surface area contributed by atoms with Crippen LogP contribution in [0.4, 0.5) is 0 Å². The van der Waals surface area contributed by atoms with Gasteiger partial charge >= 0.3 is 0 Å². The molecule has 4 aliphatic rings. The van der Waals surface area contributed by atoms with Gasteiger partial charge in [0.1, 0.15) is 0 Å². The number of alkyl halides is 1. The molecule has 0 bridgehead atoms. The number of hydrogen-bond acceptors (Lipinski definition) is 0. The van der Waals surface area contributed by atoms with Crippen molar-refractivity contribution in [3.8, 4) is 0 Å². The Kier molecular flexibility index (Phi) is 6.57. The Hall–Kier alpha value is 0.0300. The lowest BCUT2D eigenvalue weighted by Gasteiger charge is -2.58. The van der Waals surface area contributed by atoms with E-state index in [4.69, 9.17) is 11.6 Å². The van der Waals surface area contributed by atoms with Crippen molar-refractivity contribution in [1.82, 2.24) is 0 Å². The van der Waals surface area contributed by atoms with Gasteiger partial charge in [-0.1, -0.05) is 70.9 Å². The molecule has 0 saturated heterocycles. The third-order valence-electron chi connectivity index (χ3n) is 10.1. The standard InChI is InChI=1S/C27H45Cl/c1-4-5-6-7-8-9-10-20-12-14-24-23-13-11-21-19-22(28)15-17-27(21,3)25(23)16-18-26(20,24)2/h11,20,22-25H,4-10,12-19H2,1-3H3/t20-,22+,23+,24-,25+,26-,27+/m1/s1. The minimum Gasteiger partial charge on any atom is -0.123 e. The smallest absolute Gasteiger partial charge is 0.0373 e. The number of allylic oxidation sites excluding steroid dienone is 2. The summed E-state index contributed by atoms with van der Waals surface area (Å²) in [7, 11) is 0. The quantitative estimate of drug-likeness (QED) is 0.225. The van der Waals surface area contributed by atoms with E-state index in [1.807, 2.05) is 0 Å². The van der Waals surface area contributed by atoms with Crippen LogP contribution in [0.1, 0.15) is 117 Å². The van der Waals surface area contributed by atoms with Crippen LogP contribution in [0.3, 0.4) is 0 Å². The second-order valence-electron chi connectivity index (χ2n) is 11.5. The molecule has 4 rings (SSSR count). The van der Waals surface area contributed by atoms with E-state index >= 15 is 0 Å². The zero-order valence-corrected chi connectivity index (χ0v) is 19.7. The molecule has 0 amide bonds. The Morgan fingerprint density at radius 2 is 1.71 bits per heavy atom. The Labute approximate surface area is 180 Å². The lowest BCUT2D eigenvalue weighted by atomic mass is 9.47. The van der Waals surface area contributed by atoms with Gasteiger partial charge < -0.3 is 0 Å². The molecule has 0 N–H and O–H groups in total. The molecule has 7 atom stereocenters. The molecule has 0 aromatic heterocycles.